The first-order chi connectivity index (χ1) is 18.3. The highest BCUT2D eigenvalue weighted by Gasteiger charge is 2.28. The van der Waals surface area contributed by atoms with E-state index in [0.717, 1.165) is 12.0 Å². The van der Waals surface area contributed by atoms with Crippen molar-refractivity contribution in [1.82, 2.24) is 14.5 Å². The summed E-state index contributed by atoms with van der Waals surface area (Å²) in [7, 11) is -3.48. The molecule has 3 aromatic carbocycles. The molecule has 9 heteroatoms. The van der Waals surface area contributed by atoms with E-state index >= 15 is 0 Å². The summed E-state index contributed by atoms with van der Waals surface area (Å²) >= 11 is 0. The molecule has 1 heterocycles. The van der Waals surface area contributed by atoms with Crippen molar-refractivity contribution in [3.8, 4) is 0 Å². The van der Waals surface area contributed by atoms with Crippen LogP contribution in [0.4, 0.5) is 5.69 Å². The maximum atomic E-state index is 12.9. The molecule has 0 saturated carbocycles. The van der Waals surface area contributed by atoms with Crippen LogP contribution in [0.2, 0.25) is 0 Å². The molecule has 1 unspecified atom stereocenters. The van der Waals surface area contributed by atoms with Gasteiger partial charge in [0.15, 0.2) is 0 Å². The number of nitrogens with one attached hydrogen (secondary N) is 2. The van der Waals surface area contributed by atoms with E-state index in [0.29, 0.717) is 54.4 Å². The van der Waals surface area contributed by atoms with E-state index in [2.05, 4.69) is 15.5 Å². The van der Waals surface area contributed by atoms with Crippen LogP contribution in [-0.2, 0) is 16.6 Å². The molecule has 1 fully saturated rings. The normalized spacial score (nSPS) is 15.5. The zero-order chi connectivity index (χ0) is 27.1. The summed E-state index contributed by atoms with van der Waals surface area (Å²) in [6.07, 6.45) is 0.815. The largest absolute Gasteiger partial charge is 0.350 e. The summed E-state index contributed by atoms with van der Waals surface area (Å²) in [5.74, 6) is -0.512. The highest BCUT2D eigenvalue weighted by molar-refractivity contribution is 7.89. The molecule has 0 aliphatic carbocycles. The van der Waals surface area contributed by atoms with Gasteiger partial charge in [0.05, 0.1) is 16.1 Å². The summed E-state index contributed by atoms with van der Waals surface area (Å²) in [6, 6.07) is 22.9. The molecule has 0 spiro atoms. The second-order valence-electron chi connectivity index (χ2n) is 9.47. The van der Waals surface area contributed by atoms with Gasteiger partial charge in [0, 0.05) is 44.3 Å². The fourth-order valence-corrected chi connectivity index (χ4v) is 5.72. The zero-order valence-corrected chi connectivity index (χ0v) is 22.6. The number of carbonyl (C=O) groups is 2. The highest BCUT2D eigenvalue weighted by atomic mass is 32.2. The third kappa shape index (κ3) is 6.66. The maximum Gasteiger partial charge on any atom is 0.255 e. The number of hydrogen-bond donors (Lipinski definition) is 2. The third-order valence-corrected chi connectivity index (χ3v) is 8.66. The van der Waals surface area contributed by atoms with E-state index in [1.807, 2.05) is 26.0 Å². The summed E-state index contributed by atoms with van der Waals surface area (Å²) in [6.45, 7) is 6.72. The Kier molecular flexibility index (Phi) is 8.93. The Morgan fingerprint density at radius 1 is 0.842 bits per heavy atom. The molecule has 2 N–H and O–H groups in total. The lowest BCUT2D eigenvalue weighted by atomic mass is 10.1. The van der Waals surface area contributed by atoms with Gasteiger partial charge in [0.25, 0.3) is 11.8 Å². The highest BCUT2D eigenvalue weighted by Crippen LogP contribution is 2.20. The monoisotopic (exact) mass is 534 g/mol. The zero-order valence-electron chi connectivity index (χ0n) is 21.8. The first-order valence-corrected chi connectivity index (χ1v) is 14.3. The second-order valence-corrected chi connectivity index (χ2v) is 11.4. The Hall–Kier alpha value is -3.53. The van der Waals surface area contributed by atoms with Gasteiger partial charge < -0.3 is 10.6 Å². The van der Waals surface area contributed by atoms with Crippen LogP contribution in [0.3, 0.4) is 0 Å². The molecule has 1 aliphatic heterocycles. The van der Waals surface area contributed by atoms with Crippen molar-refractivity contribution in [2.45, 2.75) is 37.8 Å². The average molecular weight is 535 g/mol. The Bertz CT molecular complexity index is 1350. The van der Waals surface area contributed by atoms with Crippen LogP contribution in [0.15, 0.2) is 83.8 Å². The van der Waals surface area contributed by atoms with Gasteiger partial charge in [0.1, 0.15) is 0 Å². The number of para-hydroxylation sites is 1. The first-order valence-electron chi connectivity index (χ1n) is 12.9. The van der Waals surface area contributed by atoms with Crippen LogP contribution in [0.25, 0.3) is 0 Å². The van der Waals surface area contributed by atoms with Crippen molar-refractivity contribution in [1.29, 1.82) is 0 Å². The minimum Gasteiger partial charge on any atom is -0.350 e. The molecule has 0 aromatic heterocycles. The Balaban J connectivity index is 1.33. The van der Waals surface area contributed by atoms with Gasteiger partial charge in [-0.3, -0.25) is 14.5 Å². The number of piperazine rings is 1. The Morgan fingerprint density at radius 2 is 1.47 bits per heavy atom. The van der Waals surface area contributed by atoms with Crippen molar-refractivity contribution in [3.05, 3.63) is 95.6 Å². The smallest absolute Gasteiger partial charge is 0.255 e. The minimum atomic E-state index is -3.48. The Labute approximate surface area is 224 Å². The van der Waals surface area contributed by atoms with Crippen molar-refractivity contribution < 1.29 is 18.0 Å². The lowest BCUT2D eigenvalue weighted by Gasteiger charge is -2.34. The standard InChI is InChI=1S/C29H34N4O4S/c1-3-22(2)30-29(35)26-11-7-8-12-27(26)31-28(34)24-15-13-23(14-16-24)21-32-17-19-33(20-18-32)38(36,37)25-9-5-4-6-10-25/h4-16,22H,3,17-21H2,1-2H3,(H,30,35)(H,31,34). The number of nitrogens with zero attached hydrogens (tertiary/aromatic N) is 2. The van der Waals surface area contributed by atoms with Gasteiger partial charge in [-0.05, 0) is 55.3 Å². The molecule has 8 nitrogen and oxygen atoms in total. The fourth-order valence-electron chi connectivity index (χ4n) is 4.28. The quantitative estimate of drug-likeness (QED) is 0.433. The molecule has 2 amide bonds. The summed E-state index contributed by atoms with van der Waals surface area (Å²) < 4.78 is 27.2. The topological polar surface area (TPSA) is 98.8 Å². The lowest BCUT2D eigenvalue weighted by Crippen LogP contribution is -2.48. The number of carbonyl (C=O) groups excluding carboxylic acids is 2. The van der Waals surface area contributed by atoms with E-state index < -0.39 is 10.0 Å². The molecule has 200 valence electrons. The van der Waals surface area contributed by atoms with Gasteiger partial charge in [-0.15, -0.1) is 0 Å². The fraction of sp³-hybridized carbons (Fsp3) is 0.310. The van der Waals surface area contributed by atoms with E-state index in [9.17, 15) is 18.0 Å². The van der Waals surface area contributed by atoms with Gasteiger partial charge in [-0.25, -0.2) is 8.42 Å². The molecule has 1 saturated heterocycles. The Morgan fingerprint density at radius 3 is 2.13 bits per heavy atom. The summed E-state index contributed by atoms with van der Waals surface area (Å²) in [4.78, 5) is 28.1. The van der Waals surface area contributed by atoms with Crippen LogP contribution in [0.5, 0.6) is 0 Å². The maximum absolute atomic E-state index is 12.9. The SMILES string of the molecule is CCC(C)NC(=O)c1ccccc1NC(=O)c1ccc(CN2CCN(S(=O)(=O)c3ccccc3)CC2)cc1. The number of hydrogen-bond acceptors (Lipinski definition) is 5. The van der Waals surface area contributed by atoms with Crippen molar-refractivity contribution >= 4 is 27.5 Å². The van der Waals surface area contributed by atoms with Crippen LogP contribution in [0, 0.1) is 0 Å². The van der Waals surface area contributed by atoms with Crippen LogP contribution in [0.1, 0.15) is 46.5 Å². The third-order valence-electron chi connectivity index (χ3n) is 6.74. The van der Waals surface area contributed by atoms with E-state index in [1.54, 1.807) is 66.7 Å². The summed E-state index contributed by atoms with van der Waals surface area (Å²) in [5, 5.41) is 5.79. The van der Waals surface area contributed by atoms with E-state index in [-0.39, 0.29) is 17.9 Å². The molecule has 4 rings (SSSR count). The molecule has 0 bridgehead atoms. The molecule has 0 radical (unpaired) electrons. The van der Waals surface area contributed by atoms with E-state index in [4.69, 9.17) is 0 Å². The average Bonchev–Trinajstić information content (AvgIpc) is 2.94. The van der Waals surface area contributed by atoms with E-state index in [1.165, 1.54) is 4.31 Å². The number of anilines is 1. The number of sulfonamides is 1. The number of benzene rings is 3. The molecule has 1 atom stereocenters. The van der Waals surface area contributed by atoms with Crippen molar-refractivity contribution in [2.75, 3.05) is 31.5 Å². The first kappa shape index (κ1) is 27.5. The van der Waals surface area contributed by atoms with Crippen molar-refractivity contribution in [3.63, 3.8) is 0 Å². The minimum absolute atomic E-state index is 0.0371. The predicted octanol–water partition coefficient (Wildman–Crippen LogP) is 3.97. The van der Waals surface area contributed by atoms with Gasteiger partial charge >= 0.3 is 0 Å². The van der Waals surface area contributed by atoms with Crippen LogP contribution in [-0.4, -0.2) is 61.7 Å². The van der Waals surface area contributed by atoms with Gasteiger partial charge in [-0.2, -0.15) is 4.31 Å². The number of rotatable bonds is 9. The molecular formula is C29H34N4O4S. The van der Waals surface area contributed by atoms with Crippen LogP contribution >= 0.6 is 0 Å². The molecule has 3 aromatic rings. The lowest BCUT2D eigenvalue weighted by molar-refractivity contribution is 0.0940. The van der Waals surface area contributed by atoms with Crippen molar-refractivity contribution in [2.24, 2.45) is 0 Å². The number of amides is 2. The summed E-state index contributed by atoms with van der Waals surface area (Å²) in [5.41, 5.74) is 2.41. The van der Waals surface area contributed by atoms with Gasteiger partial charge in [0.2, 0.25) is 10.0 Å². The second kappa shape index (κ2) is 12.3. The van der Waals surface area contributed by atoms with Gasteiger partial charge in [-0.1, -0.05) is 49.4 Å². The predicted molar refractivity (Wildman–Crippen MR) is 149 cm³/mol. The molecular weight excluding hydrogens is 500 g/mol. The molecule has 1 aliphatic rings. The van der Waals surface area contributed by atoms with Crippen LogP contribution < -0.4 is 10.6 Å². The molecule has 38 heavy (non-hydrogen) atoms.